The third-order valence-corrected chi connectivity index (χ3v) is 4.71. The normalized spacial score (nSPS) is 23.7. The molecule has 0 radical (unpaired) electrons. The molecule has 1 saturated heterocycles. The van der Waals surface area contributed by atoms with E-state index < -0.39 is 9.84 Å². The van der Waals surface area contributed by atoms with Crippen LogP contribution >= 0.6 is 12.2 Å². The number of hydrogen-bond acceptors (Lipinski definition) is 3. The third kappa shape index (κ3) is 3.31. The number of rotatable bonds is 3. The molecule has 1 aliphatic heterocycles. The lowest BCUT2D eigenvalue weighted by molar-refractivity contribution is 0.346. The quantitative estimate of drug-likeness (QED) is 0.734. The maximum Gasteiger partial charge on any atom is 0.169 e. The first kappa shape index (κ1) is 12.7. The van der Waals surface area contributed by atoms with Crippen molar-refractivity contribution in [2.24, 2.45) is 0 Å². The fourth-order valence-corrected chi connectivity index (χ4v) is 3.99. The van der Waals surface area contributed by atoms with Gasteiger partial charge in [-0.1, -0.05) is 0 Å². The maximum atomic E-state index is 11.4. The smallest absolute Gasteiger partial charge is 0.169 e. The second kappa shape index (κ2) is 5.12. The standard InChI is InChI=1S/C9H18N2O2S2/c1-3-10-9(14)11(4-2)8-5-6-15(12,13)7-8/h8H,3-7H2,1-2H3,(H,10,14)/t8-/m1/s1. The van der Waals surface area contributed by atoms with Gasteiger partial charge < -0.3 is 10.2 Å². The van der Waals surface area contributed by atoms with Gasteiger partial charge in [-0.05, 0) is 32.5 Å². The Kier molecular flexibility index (Phi) is 4.33. The van der Waals surface area contributed by atoms with Gasteiger partial charge in [0, 0.05) is 19.1 Å². The SMILES string of the molecule is CCNC(=S)N(CC)[C@@H]1CCS(=O)(=O)C1. The summed E-state index contributed by atoms with van der Waals surface area (Å²) in [6.45, 7) is 5.50. The molecule has 1 N–H and O–H groups in total. The van der Waals surface area contributed by atoms with Crippen LogP contribution in [0.5, 0.6) is 0 Å². The zero-order valence-corrected chi connectivity index (χ0v) is 10.8. The van der Waals surface area contributed by atoms with Gasteiger partial charge in [-0.2, -0.15) is 0 Å². The highest BCUT2D eigenvalue weighted by molar-refractivity contribution is 7.91. The predicted octanol–water partition coefficient (Wildman–Crippen LogP) is 0.390. The highest BCUT2D eigenvalue weighted by atomic mass is 32.2. The monoisotopic (exact) mass is 250 g/mol. The van der Waals surface area contributed by atoms with Crippen LogP contribution in [0.4, 0.5) is 0 Å². The van der Waals surface area contributed by atoms with E-state index >= 15 is 0 Å². The molecule has 0 aromatic rings. The maximum absolute atomic E-state index is 11.4. The van der Waals surface area contributed by atoms with Crippen molar-refractivity contribution >= 4 is 27.2 Å². The van der Waals surface area contributed by atoms with Crippen LogP contribution in [0, 0.1) is 0 Å². The predicted molar refractivity (Wildman–Crippen MR) is 65.7 cm³/mol. The number of nitrogens with one attached hydrogen (secondary N) is 1. The van der Waals surface area contributed by atoms with Crippen LogP contribution < -0.4 is 5.32 Å². The van der Waals surface area contributed by atoms with E-state index in [0.717, 1.165) is 13.1 Å². The van der Waals surface area contributed by atoms with E-state index in [2.05, 4.69) is 5.32 Å². The van der Waals surface area contributed by atoms with Crippen molar-refractivity contribution in [2.45, 2.75) is 26.3 Å². The Hall–Kier alpha value is -0.360. The zero-order chi connectivity index (χ0) is 11.5. The molecular formula is C9H18N2O2S2. The Morgan fingerprint density at radius 1 is 1.53 bits per heavy atom. The summed E-state index contributed by atoms with van der Waals surface area (Å²) in [5.74, 6) is 0.537. The van der Waals surface area contributed by atoms with Crippen molar-refractivity contribution in [3.8, 4) is 0 Å². The fraction of sp³-hybridized carbons (Fsp3) is 0.889. The van der Waals surface area contributed by atoms with E-state index in [4.69, 9.17) is 12.2 Å². The molecule has 1 heterocycles. The molecule has 0 spiro atoms. The molecule has 0 saturated carbocycles. The van der Waals surface area contributed by atoms with Crippen LogP contribution in [0.1, 0.15) is 20.3 Å². The Morgan fingerprint density at radius 2 is 2.20 bits per heavy atom. The minimum atomic E-state index is -2.83. The number of thiocarbonyl (C=S) groups is 1. The largest absolute Gasteiger partial charge is 0.363 e. The summed E-state index contributed by atoms with van der Waals surface area (Å²) in [5.41, 5.74) is 0. The summed E-state index contributed by atoms with van der Waals surface area (Å²) in [4.78, 5) is 1.98. The Labute approximate surface area is 96.9 Å². The van der Waals surface area contributed by atoms with Crippen LogP contribution in [0.3, 0.4) is 0 Å². The summed E-state index contributed by atoms with van der Waals surface area (Å²) >= 11 is 5.21. The highest BCUT2D eigenvalue weighted by Gasteiger charge is 2.32. The lowest BCUT2D eigenvalue weighted by Gasteiger charge is -2.29. The molecule has 0 bridgehead atoms. The van der Waals surface area contributed by atoms with Crippen LogP contribution in [0.25, 0.3) is 0 Å². The molecule has 0 amide bonds. The van der Waals surface area contributed by atoms with Crippen LogP contribution in [0.15, 0.2) is 0 Å². The topological polar surface area (TPSA) is 49.4 Å². The Morgan fingerprint density at radius 3 is 2.60 bits per heavy atom. The third-order valence-electron chi connectivity index (χ3n) is 2.58. The van der Waals surface area contributed by atoms with E-state index in [9.17, 15) is 8.42 Å². The van der Waals surface area contributed by atoms with Gasteiger partial charge in [0.25, 0.3) is 0 Å². The Bertz CT molecular complexity index is 327. The van der Waals surface area contributed by atoms with Gasteiger partial charge in [-0.15, -0.1) is 0 Å². The van der Waals surface area contributed by atoms with Crippen molar-refractivity contribution in [1.29, 1.82) is 0 Å². The minimum Gasteiger partial charge on any atom is -0.363 e. The Balaban J connectivity index is 2.64. The summed E-state index contributed by atoms with van der Waals surface area (Å²) in [6.07, 6.45) is 0.696. The van der Waals surface area contributed by atoms with E-state index in [1.807, 2.05) is 18.7 Å². The summed E-state index contributed by atoms with van der Waals surface area (Å²) < 4.78 is 22.7. The second-order valence-corrected chi connectivity index (χ2v) is 6.29. The van der Waals surface area contributed by atoms with Crippen molar-refractivity contribution in [3.05, 3.63) is 0 Å². The van der Waals surface area contributed by atoms with Crippen LogP contribution in [-0.4, -0.2) is 49.1 Å². The average molecular weight is 250 g/mol. The van der Waals surface area contributed by atoms with Crippen molar-refractivity contribution in [1.82, 2.24) is 10.2 Å². The molecule has 0 aromatic heterocycles. The van der Waals surface area contributed by atoms with Crippen LogP contribution in [0.2, 0.25) is 0 Å². The molecule has 88 valence electrons. The van der Waals surface area contributed by atoms with Gasteiger partial charge in [-0.3, -0.25) is 0 Å². The molecule has 0 aromatic carbocycles. The van der Waals surface area contributed by atoms with Gasteiger partial charge in [0.1, 0.15) is 0 Å². The average Bonchev–Trinajstić information content (AvgIpc) is 2.48. The molecule has 6 heteroatoms. The van der Waals surface area contributed by atoms with E-state index in [0.29, 0.717) is 17.3 Å². The summed E-state index contributed by atoms with van der Waals surface area (Å²) in [6, 6.07) is 0.0616. The van der Waals surface area contributed by atoms with E-state index in [1.165, 1.54) is 0 Å². The first-order valence-corrected chi connectivity index (χ1v) is 7.48. The fourth-order valence-electron chi connectivity index (χ4n) is 1.84. The first-order valence-electron chi connectivity index (χ1n) is 5.25. The van der Waals surface area contributed by atoms with Gasteiger partial charge in [-0.25, -0.2) is 8.42 Å². The summed E-state index contributed by atoms with van der Waals surface area (Å²) in [5, 5.41) is 3.73. The van der Waals surface area contributed by atoms with Gasteiger partial charge in [0.15, 0.2) is 14.9 Å². The number of hydrogen-bond donors (Lipinski definition) is 1. The molecule has 0 aliphatic carbocycles. The molecule has 15 heavy (non-hydrogen) atoms. The highest BCUT2D eigenvalue weighted by Crippen LogP contribution is 2.17. The lowest BCUT2D eigenvalue weighted by Crippen LogP contribution is -2.46. The number of sulfone groups is 1. The summed E-state index contributed by atoms with van der Waals surface area (Å²) in [7, 11) is -2.83. The zero-order valence-electron chi connectivity index (χ0n) is 9.19. The van der Waals surface area contributed by atoms with E-state index in [1.54, 1.807) is 0 Å². The minimum absolute atomic E-state index is 0.0616. The van der Waals surface area contributed by atoms with Crippen LogP contribution in [-0.2, 0) is 9.84 Å². The van der Waals surface area contributed by atoms with Crippen molar-refractivity contribution < 1.29 is 8.42 Å². The van der Waals surface area contributed by atoms with E-state index in [-0.39, 0.29) is 11.8 Å². The number of nitrogens with zero attached hydrogens (tertiary/aromatic N) is 1. The molecule has 1 fully saturated rings. The van der Waals surface area contributed by atoms with Gasteiger partial charge in [0.05, 0.1) is 11.5 Å². The molecule has 4 nitrogen and oxygen atoms in total. The van der Waals surface area contributed by atoms with Gasteiger partial charge >= 0.3 is 0 Å². The lowest BCUT2D eigenvalue weighted by atomic mass is 10.2. The molecule has 1 atom stereocenters. The van der Waals surface area contributed by atoms with Crippen molar-refractivity contribution in [3.63, 3.8) is 0 Å². The van der Waals surface area contributed by atoms with Crippen molar-refractivity contribution in [2.75, 3.05) is 24.6 Å². The second-order valence-electron chi connectivity index (χ2n) is 3.68. The molecular weight excluding hydrogens is 232 g/mol. The van der Waals surface area contributed by atoms with Gasteiger partial charge in [0.2, 0.25) is 0 Å². The molecule has 1 aliphatic rings. The molecule has 0 unspecified atom stereocenters. The first-order chi connectivity index (χ1) is 7.00. The molecule has 1 rings (SSSR count).